The largest absolute Gasteiger partial charge is 0.469 e. The third kappa shape index (κ3) is 4.14. The molecule has 0 bridgehead atoms. The number of aryl methyl sites for hydroxylation is 2. The van der Waals surface area contributed by atoms with E-state index in [1.54, 1.807) is 6.26 Å². The molecule has 2 aromatic rings. The van der Waals surface area contributed by atoms with Crippen molar-refractivity contribution in [3.8, 4) is 0 Å². The van der Waals surface area contributed by atoms with Crippen LogP contribution in [0.15, 0.2) is 41.0 Å². The fraction of sp³-hybridized carbons (Fsp3) is 0.375. The summed E-state index contributed by atoms with van der Waals surface area (Å²) < 4.78 is 5.31. The van der Waals surface area contributed by atoms with Gasteiger partial charge in [-0.2, -0.15) is 0 Å². The molecule has 0 aliphatic carbocycles. The molecule has 2 rings (SSSR count). The topological polar surface area (TPSA) is 28.4 Å². The summed E-state index contributed by atoms with van der Waals surface area (Å²) in [7, 11) is 2.13. The zero-order valence-electron chi connectivity index (χ0n) is 11.9. The predicted molar refractivity (Wildman–Crippen MR) is 79.4 cm³/mol. The van der Waals surface area contributed by atoms with Crippen molar-refractivity contribution in [2.45, 2.75) is 20.4 Å². The molecule has 0 aliphatic heterocycles. The fourth-order valence-corrected chi connectivity index (χ4v) is 2.09. The predicted octanol–water partition coefficient (Wildman–Crippen LogP) is 3.44. The van der Waals surface area contributed by atoms with Gasteiger partial charge in [0.15, 0.2) is 0 Å². The van der Waals surface area contributed by atoms with Crippen molar-refractivity contribution < 1.29 is 4.42 Å². The molecule has 0 saturated carbocycles. The van der Waals surface area contributed by atoms with Crippen molar-refractivity contribution in [1.82, 2.24) is 4.90 Å². The third-order valence-electron chi connectivity index (χ3n) is 3.25. The van der Waals surface area contributed by atoms with E-state index in [0.717, 1.165) is 25.4 Å². The maximum absolute atomic E-state index is 5.31. The molecule has 0 aliphatic rings. The van der Waals surface area contributed by atoms with Crippen molar-refractivity contribution in [2.24, 2.45) is 0 Å². The summed E-state index contributed by atoms with van der Waals surface area (Å²) in [6.45, 7) is 6.99. The molecule has 19 heavy (non-hydrogen) atoms. The van der Waals surface area contributed by atoms with Crippen molar-refractivity contribution >= 4 is 5.69 Å². The van der Waals surface area contributed by atoms with Gasteiger partial charge in [0.05, 0.1) is 6.26 Å². The van der Waals surface area contributed by atoms with Gasteiger partial charge < -0.3 is 14.6 Å². The van der Waals surface area contributed by atoms with E-state index < -0.39 is 0 Å². The average Bonchev–Trinajstić information content (AvgIpc) is 2.75. The van der Waals surface area contributed by atoms with Gasteiger partial charge in [-0.25, -0.2) is 0 Å². The van der Waals surface area contributed by atoms with Crippen molar-refractivity contribution in [3.05, 3.63) is 53.5 Å². The minimum Gasteiger partial charge on any atom is -0.469 e. The number of benzene rings is 1. The summed E-state index contributed by atoms with van der Waals surface area (Å²) in [6, 6.07) is 10.5. The first-order valence-corrected chi connectivity index (χ1v) is 6.67. The Kier molecular flexibility index (Phi) is 4.63. The normalized spacial score (nSPS) is 10.9. The van der Waals surface area contributed by atoms with Crippen LogP contribution in [-0.4, -0.2) is 25.0 Å². The number of hydrogen-bond donors (Lipinski definition) is 1. The van der Waals surface area contributed by atoms with E-state index in [1.807, 2.05) is 13.0 Å². The highest BCUT2D eigenvalue weighted by Gasteiger charge is 2.05. The molecular weight excluding hydrogens is 236 g/mol. The fourth-order valence-electron chi connectivity index (χ4n) is 2.09. The molecule has 0 amide bonds. The highest BCUT2D eigenvalue weighted by molar-refractivity contribution is 5.45. The van der Waals surface area contributed by atoms with Crippen LogP contribution < -0.4 is 5.32 Å². The number of anilines is 1. The summed E-state index contributed by atoms with van der Waals surface area (Å²) in [5.74, 6) is 1.01. The molecule has 0 saturated heterocycles. The van der Waals surface area contributed by atoms with Gasteiger partial charge in [0.25, 0.3) is 0 Å². The molecule has 1 N–H and O–H groups in total. The molecule has 3 nitrogen and oxygen atoms in total. The number of rotatable bonds is 6. The minimum absolute atomic E-state index is 0.928. The second-order valence-corrected chi connectivity index (χ2v) is 5.04. The Balaban J connectivity index is 1.75. The lowest BCUT2D eigenvalue weighted by Gasteiger charge is -2.17. The van der Waals surface area contributed by atoms with Crippen molar-refractivity contribution in [1.29, 1.82) is 0 Å². The van der Waals surface area contributed by atoms with Crippen LogP contribution in [-0.2, 0) is 6.54 Å². The highest BCUT2D eigenvalue weighted by Crippen LogP contribution is 2.11. The SMILES string of the molecule is Cc1cccc(NCCN(C)Cc2ccoc2C)c1. The van der Waals surface area contributed by atoms with Crippen LogP contribution in [0.2, 0.25) is 0 Å². The first-order chi connectivity index (χ1) is 9.15. The summed E-state index contributed by atoms with van der Waals surface area (Å²) in [5, 5.41) is 3.45. The van der Waals surface area contributed by atoms with E-state index in [4.69, 9.17) is 4.42 Å². The quantitative estimate of drug-likeness (QED) is 0.860. The van der Waals surface area contributed by atoms with Crippen LogP contribution in [0.5, 0.6) is 0 Å². The van der Waals surface area contributed by atoms with Gasteiger partial charge in [0.1, 0.15) is 5.76 Å². The molecule has 0 unspecified atom stereocenters. The van der Waals surface area contributed by atoms with E-state index in [2.05, 4.69) is 48.5 Å². The number of nitrogens with zero attached hydrogens (tertiary/aromatic N) is 1. The molecule has 0 radical (unpaired) electrons. The lowest BCUT2D eigenvalue weighted by molar-refractivity contribution is 0.337. The van der Waals surface area contributed by atoms with E-state index in [-0.39, 0.29) is 0 Å². The third-order valence-corrected chi connectivity index (χ3v) is 3.25. The summed E-state index contributed by atoms with van der Waals surface area (Å²) in [6.07, 6.45) is 1.75. The molecule has 0 fully saturated rings. The van der Waals surface area contributed by atoms with Gasteiger partial charge in [-0.15, -0.1) is 0 Å². The molecule has 0 spiro atoms. The summed E-state index contributed by atoms with van der Waals surface area (Å²) in [5.41, 5.74) is 3.73. The Morgan fingerprint density at radius 1 is 1.21 bits per heavy atom. The van der Waals surface area contributed by atoms with Crippen LogP contribution >= 0.6 is 0 Å². The van der Waals surface area contributed by atoms with Crippen LogP contribution in [0, 0.1) is 13.8 Å². The van der Waals surface area contributed by atoms with Crippen LogP contribution in [0.25, 0.3) is 0 Å². The second-order valence-electron chi connectivity index (χ2n) is 5.04. The Bertz CT molecular complexity index is 519. The van der Waals surface area contributed by atoms with Crippen molar-refractivity contribution in [3.63, 3.8) is 0 Å². The lowest BCUT2D eigenvalue weighted by atomic mass is 10.2. The maximum Gasteiger partial charge on any atom is 0.105 e. The van der Waals surface area contributed by atoms with Crippen LogP contribution in [0.3, 0.4) is 0 Å². The molecule has 1 aromatic heterocycles. The number of nitrogens with one attached hydrogen (secondary N) is 1. The zero-order valence-corrected chi connectivity index (χ0v) is 11.9. The van der Waals surface area contributed by atoms with Gasteiger partial charge in [0.2, 0.25) is 0 Å². The van der Waals surface area contributed by atoms with Gasteiger partial charge in [-0.1, -0.05) is 12.1 Å². The highest BCUT2D eigenvalue weighted by atomic mass is 16.3. The molecule has 0 atom stereocenters. The maximum atomic E-state index is 5.31. The Hall–Kier alpha value is -1.74. The van der Waals surface area contributed by atoms with Gasteiger partial charge in [-0.3, -0.25) is 0 Å². The van der Waals surface area contributed by atoms with Crippen LogP contribution in [0.4, 0.5) is 5.69 Å². The standard InChI is InChI=1S/C16H22N2O/c1-13-5-4-6-16(11-13)17-8-9-18(3)12-15-7-10-19-14(15)2/h4-7,10-11,17H,8-9,12H2,1-3H3. The first-order valence-electron chi connectivity index (χ1n) is 6.67. The van der Waals surface area contributed by atoms with E-state index >= 15 is 0 Å². The molecule has 1 aromatic carbocycles. The Morgan fingerprint density at radius 2 is 2.05 bits per heavy atom. The average molecular weight is 258 g/mol. The number of hydrogen-bond acceptors (Lipinski definition) is 3. The van der Waals surface area contributed by atoms with E-state index in [1.165, 1.54) is 16.8 Å². The summed E-state index contributed by atoms with van der Waals surface area (Å²) >= 11 is 0. The summed E-state index contributed by atoms with van der Waals surface area (Å²) in [4.78, 5) is 2.29. The Morgan fingerprint density at radius 3 is 2.74 bits per heavy atom. The Labute approximate surface area is 115 Å². The molecule has 1 heterocycles. The van der Waals surface area contributed by atoms with Gasteiger partial charge >= 0.3 is 0 Å². The second kappa shape index (κ2) is 6.43. The monoisotopic (exact) mass is 258 g/mol. The van der Waals surface area contributed by atoms with Gasteiger partial charge in [-0.05, 0) is 44.7 Å². The van der Waals surface area contributed by atoms with E-state index in [0.29, 0.717) is 0 Å². The molecule has 3 heteroatoms. The lowest BCUT2D eigenvalue weighted by Crippen LogP contribution is -2.24. The number of furan rings is 1. The van der Waals surface area contributed by atoms with E-state index in [9.17, 15) is 0 Å². The zero-order chi connectivity index (χ0) is 13.7. The number of likely N-dealkylation sites (N-methyl/N-ethyl adjacent to an activating group) is 1. The smallest absolute Gasteiger partial charge is 0.105 e. The first kappa shape index (κ1) is 13.7. The van der Waals surface area contributed by atoms with Gasteiger partial charge in [0, 0.05) is 30.9 Å². The molecule has 102 valence electrons. The van der Waals surface area contributed by atoms with Crippen molar-refractivity contribution in [2.75, 3.05) is 25.5 Å². The minimum atomic E-state index is 0.928. The van der Waals surface area contributed by atoms with Crippen LogP contribution in [0.1, 0.15) is 16.9 Å². The molecular formula is C16H22N2O.